The van der Waals surface area contributed by atoms with Gasteiger partial charge in [-0.15, -0.1) is 0 Å². The number of nitrogens with zero attached hydrogens (tertiary/aromatic N) is 2. The molecule has 0 spiro atoms. The Kier molecular flexibility index (Phi) is 3.16. The summed E-state index contributed by atoms with van der Waals surface area (Å²) in [5.74, 6) is 3.32. The highest BCUT2D eigenvalue weighted by molar-refractivity contribution is 7.99. The molecule has 5 heteroatoms. The second-order valence-electron chi connectivity index (χ2n) is 4.77. The molecule has 1 saturated heterocycles. The van der Waals surface area contributed by atoms with Crippen LogP contribution in [0.15, 0.2) is 18.2 Å². The molecule has 0 saturated carbocycles. The van der Waals surface area contributed by atoms with E-state index in [9.17, 15) is 4.39 Å². The molecule has 0 radical (unpaired) electrons. The third-order valence-electron chi connectivity index (χ3n) is 3.52. The van der Waals surface area contributed by atoms with Crippen molar-refractivity contribution in [2.45, 2.75) is 19.4 Å². The predicted octanol–water partition coefficient (Wildman–Crippen LogP) is 2.90. The number of thioether (sulfide) groups is 1. The molecule has 3 nitrogen and oxygen atoms in total. The van der Waals surface area contributed by atoms with Crippen LogP contribution >= 0.6 is 11.8 Å². The van der Waals surface area contributed by atoms with Gasteiger partial charge in [0.2, 0.25) is 5.95 Å². The van der Waals surface area contributed by atoms with E-state index in [1.54, 1.807) is 6.07 Å². The van der Waals surface area contributed by atoms with E-state index in [0.29, 0.717) is 11.9 Å². The summed E-state index contributed by atoms with van der Waals surface area (Å²) in [6.45, 7) is 0.854. The molecule has 18 heavy (non-hydrogen) atoms. The van der Waals surface area contributed by atoms with Crippen LogP contribution in [0, 0.1) is 11.7 Å². The maximum Gasteiger partial charge on any atom is 0.201 e. The Morgan fingerprint density at radius 2 is 2.17 bits per heavy atom. The van der Waals surface area contributed by atoms with E-state index in [4.69, 9.17) is 5.73 Å². The van der Waals surface area contributed by atoms with Crippen LogP contribution in [0.25, 0.3) is 11.0 Å². The molecule has 1 aliphatic heterocycles. The Morgan fingerprint density at radius 1 is 1.39 bits per heavy atom. The molecule has 0 amide bonds. The van der Waals surface area contributed by atoms with Crippen molar-refractivity contribution in [2.24, 2.45) is 5.92 Å². The number of aromatic nitrogens is 2. The quantitative estimate of drug-likeness (QED) is 0.908. The fraction of sp³-hybridized carbons (Fsp3) is 0.462. The summed E-state index contributed by atoms with van der Waals surface area (Å²) in [6.07, 6.45) is 2.41. The number of hydrogen-bond acceptors (Lipinski definition) is 3. The Labute approximate surface area is 110 Å². The lowest BCUT2D eigenvalue weighted by atomic mass is 10.0. The molecule has 2 N–H and O–H groups in total. The number of anilines is 1. The molecule has 0 aliphatic carbocycles. The monoisotopic (exact) mass is 265 g/mol. The molecular formula is C13H16FN3S. The average molecular weight is 265 g/mol. The molecule has 1 aromatic carbocycles. The summed E-state index contributed by atoms with van der Waals surface area (Å²) in [5.41, 5.74) is 7.53. The first kappa shape index (κ1) is 11.8. The second-order valence-corrected chi connectivity index (χ2v) is 5.99. The Balaban J connectivity index is 1.94. The second kappa shape index (κ2) is 4.80. The van der Waals surface area contributed by atoms with Crippen LogP contribution in [0.2, 0.25) is 0 Å². The van der Waals surface area contributed by atoms with Crippen LogP contribution < -0.4 is 5.73 Å². The minimum absolute atomic E-state index is 0.233. The van der Waals surface area contributed by atoms with E-state index in [-0.39, 0.29) is 5.82 Å². The van der Waals surface area contributed by atoms with Crippen molar-refractivity contribution < 1.29 is 4.39 Å². The number of halogens is 1. The van der Waals surface area contributed by atoms with Crippen LogP contribution in [-0.4, -0.2) is 21.1 Å². The van der Waals surface area contributed by atoms with Crippen LogP contribution in [0.5, 0.6) is 0 Å². The van der Waals surface area contributed by atoms with E-state index < -0.39 is 0 Å². The summed E-state index contributed by atoms with van der Waals surface area (Å²) in [4.78, 5) is 4.29. The average Bonchev–Trinajstić information content (AvgIpc) is 2.67. The van der Waals surface area contributed by atoms with Gasteiger partial charge in [-0.2, -0.15) is 11.8 Å². The van der Waals surface area contributed by atoms with Gasteiger partial charge in [0, 0.05) is 6.54 Å². The normalized spacial score (nSPS) is 17.4. The summed E-state index contributed by atoms with van der Waals surface area (Å²) in [7, 11) is 0. The number of rotatable bonds is 2. The zero-order chi connectivity index (χ0) is 12.5. The van der Waals surface area contributed by atoms with Gasteiger partial charge in [0.05, 0.1) is 11.0 Å². The topological polar surface area (TPSA) is 43.8 Å². The number of imidazole rings is 1. The van der Waals surface area contributed by atoms with Crippen LogP contribution in [0.3, 0.4) is 0 Å². The third-order valence-corrected chi connectivity index (χ3v) is 4.57. The number of fused-ring (bicyclic) bond motifs is 1. The van der Waals surface area contributed by atoms with Gasteiger partial charge < -0.3 is 10.3 Å². The molecular weight excluding hydrogens is 249 g/mol. The molecule has 3 rings (SSSR count). The molecule has 96 valence electrons. The first-order valence-electron chi connectivity index (χ1n) is 6.23. The first-order valence-corrected chi connectivity index (χ1v) is 7.38. The molecule has 1 aliphatic rings. The van der Waals surface area contributed by atoms with Gasteiger partial charge in [0.1, 0.15) is 5.82 Å². The maximum absolute atomic E-state index is 13.3. The van der Waals surface area contributed by atoms with Gasteiger partial charge in [-0.3, -0.25) is 0 Å². The van der Waals surface area contributed by atoms with Gasteiger partial charge in [-0.1, -0.05) is 0 Å². The van der Waals surface area contributed by atoms with Crippen molar-refractivity contribution in [3.8, 4) is 0 Å². The van der Waals surface area contributed by atoms with Gasteiger partial charge >= 0.3 is 0 Å². The molecule has 2 aromatic rings. The van der Waals surface area contributed by atoms with Crippen LogP contribution in [0.1, 0.15) is 12.8 Å². The van der Waals surface area contributed by atoms with Gasteiger partial charge in [0.15, 0.2) is 0 Å². The van der Waals surface area contributed by atoms with E-state index in [1.165, 1.54) is 36.5 Å². The Bertz CT molecular complexity index is 561. The van der Waals surface area contributed by atoms with Crippen molar-refractivity contribution in [1.29, 1.82) is 0 Å². The zero-order valence-electron chi connectivity index (χ0n) is 10.1. The van der Waals surface area contributed by atoms with Crippen LogP contribution in [0.4, 0.5) is 10.3 Å². The lowest BCUT2D eigenvalue weighted by Crippen LogP contribution is -2.17. The van der Waals surface area contributed by atoms with Gasteiger partial charge in [0.25, 0.3) is 0 Å². The fourth-order valence-electron chi connectivity index (χ4n) is 2.49. The summed E-state index contributed by atoms with van der Waals surface area (Å²) >= 11 is 2.01. The molecule has 2 heterocycles. The number of nitrogens with two attached hydrogens (primary N) is 1. The lowest BCUT2D eigenvalue weighted by Gasteiger charge is -2.22. The summed E-state index contributed by atoms with van der Waals surface area (Å²) < 4.78 is 15.3. The van der Waals surface area contributed by atoms with Crippen molar-refractivity contribution >= 4 is 28.7 Å². The minimum Gasteiger partial charge on any atom is -0.369 e. The van der Waals surface area contributed by atoms with E-state index in [2.05, 4.69) is 4.98 Å². The molecule has 0 unspecified atom stereocenters. The van der Waals surface area contributed by atoms with Crippen molar-refractivity contribution in [2.75, 3.05) is 17.2 Å². The van der Waals surface area contributed by atoms with Crippen molar-refractivity contribution in [3.63, 3.8) is 0 Å². The molecule has 1 fully saturated rings. The van der Waals surface area contributed by atoms with E-state index in [0.717, 1.165) is 17.6 Å². The fourth-order valence-corrected chi connectivity index (χ4v) is 3.70. The molecule has 1 aromatic heterocycles. The highest BCUT2D eigenvalue weighted by atomic mass is 32.2. The van der Waals surface area contributed by atoms with Crippen molar-refractivity contribution in [3.05, 3.63) is 24.0 Å². The molecule has 0 atom stereocenters. The smallest absolute Gasteiger partial charge is 0.201 e. The largest absolute Gasteiger partial charge is 0.369 e. The maximum atomic E-state index is 13.3. The SMILES string of the molecule is Nc1nc2ccc(F)cc2n1CC1CCSCC1. The van der Waals surface area contributed by atoms with E-state index in [1.807, 2.05) is 16.3 Å². The Morgan fingerprint density at radius 3 is 2.94 bits per heavy atom. The van der Waals surface area contributed by atoms with Gasteiger partial charge in [-0.05, 0) is 48.5 Å². The first-order chi connectivity index (χ1) is 8.74. The lowest BCUT2D eigenvalue weighted by molar-refractivity contribution is 0.425. The number of benzene rings is 1. The minimum atomic E-state index is -0.233. The highest BCUT2D eigenvalue weighted by Gasteiger charge is 2.17. The third kappa shape index (κ3) is 2.19. The Hall–Kier alpha value is -1.23. The van der Waals surface area contributed by atoms with Crippen molar-refractivity contribution in [1.82, 2.24) is 9.55 Å². The standard InChI is InChI=1S/C13H16FN3S/c14-10-1-2-11-12(7-10)17(13(15)16-11)8-9-3-5-18-6-4-9/h1-2,7,9H,3-6,8H2,(H2,15,16). The van der Waals surface area contributed by atoms with Crippen LogP contribution in [-0.2, 0) is 6.54 Å². The predicted molar refractivity (Wildman–Crippen MR) is 74.2 cm³/mol. The zero-order valence-corrected chi connectivity index (χ0v) is 10.9. The number of hydrogen-bond donors (Lipinski definition) is 1. The van der Waals surface area contributed by atoms with E-state index >= 15 is 0 Å². The number of nitrogen functional groups attached to an aromatic ring is 1. The van der Waals surface area contributed by atoms with Gasteiger partial charge in [-0.25, -0.2) is 9.37 Å². The summed E-state index contributed by atoms with van der Waals surface area (Å²) in [5, 5.41) is 0. The molecule has 0 bridgehead atoms. The summed E-state index contributed by atoms with van der Waals surface area (Å²) in [6, 6.07) is 4.64. The highest BCUT2D eigenvalue weighted by Crippen LogP contribution is 2.27.